The third-order valence-corrected chi connectivity index (χ3v) is 3.71. The fraction of sp³-hybridized carbons (Fsp3) is 0.267. The smallest absolute Gasteiger partial charge is 0.385 e. The van der Waals surface area contributed by atoms with E-state index in [2.05, 4.69) is 4.98 Å². The molecule has 0 bridgehead atoms. The van der Waals surface area contributed by atoms with E-state index >= 15 is 0 Å². The molecule has 0 aliphatic heterocycles. The first-order valence-corrected chi connectivity index (χ1v) is 6.56. The van der Waals surface area contributed by atoms with Crippen molar-refractivity contribution in [3.63, 3.8) is 0 Å². The zero-order chi connectivity index (χ0) is 16.9. The number of rotatable bonds is 1. The monoisotopic (exact) mass is 333 g/mol. The number of nitrogens with zero attached hydrogens (tertiary/aromatic N) is 1. The van der Waals surface area contributed by atoms with Gasteiger partial charge in [-0.25, -0.2) is 13.2 Å². The van der Waals surface area contributed by atoms with Crippen molar-refractivity contribution in [2.45, 2.75) is 24.9 Å². The Morgan fingerprint density at radius 2 is 1.70 bits per heavy atom. The molecular formula is C15H9F6NO. The van der Waals surface area contributed by atoms with Gasteiger partial charge in [0.05, 0.1) is 0 Å². The van der Waals surface area contributed by atoms with Gasteiger partial charge in [0, 0.05) is 29.8 Å². The maximum absolute atomic E-state index is 13.7. The Hall–Kier alpha value is -2.09. The number of hydrogen-bond acceptors (Lipinski definition) is 2. The van der Waals surface area contributed by atoms with Crippen LogP contribution >= 0.6 is 0 Å². The summed E-state index contributed by atoms with van der Waals surface area (Å²) in [5, 5.41) is 9.71. The highest BCUT2D eigenvalue weighted by atomic mass is 19.4. The average Bonchev–Trinajstić information content (AvgIpc) is 2.72. The van der Waals surface area contributed by atoms with Gasteiger partial charge in [-0.15, -0.1) is 0 Å². The van der Waals surface area contributed by atoms with E-state index < -0.39 is 47.8 Å². The lowest BCUT2D eigenvalue weighted by atomic mass is 9.97. The van der Waals surface area contributed by atoms with Crippen LogP contribution in [0.4, 0.5) is 26.3 Å². The predicted molar refractivity (Wildman–Crippen MR) is 68.2 cm³/mol. The van der Waals surface area contributed by atoms with Crippen molar-refractivity contribution >= 4 is 0 Å². The summed E-state index contributed by atoms with van der Waals surface area (Å²) in [6.45, 7) is 0. The van der Waals surface area contributed by atoms with Gasteiger partial charge in [0.15, 0.2) is 5.69 Å². The van der Waals surface area contributed by atoms with Crippen molar-refractivity contribution in [2.75, 3.05) is 0 Å². The van der Waals surface area contributed by atoms with Crippen molar-refractivity contribution < 1.29 is 31.4 Å². The second kappa shape index (κ2) is 5.23. The van der Waals surface area contributed by atoms with E-state index in [4.69, 9.17) is 0 Å². The molecule has 2 atom stereocenters. The molecule has 2 aromatic rings. The number of pyridine rings is 1. The molecule has 1 aromatic heterocycles. The van der Waals surface area contributed by atoms with E-state index in [1.165, 1.54) is 0 Å². The van der Waals surface area contributed by atoms with Gasteiger partial charge >= 0.3 is 6.18 Å². The van der Waals surface area contributed by atoms with Crippen LogP contribution in [0.15, 0.2) is 24.4 Å². The summed E-state index contributed by atoms with van der Waals surface area (Å²) < 4.78 is 79.4. The summed E-state index contributed by atoms with van der Waals surface area (Å²) in [5.41, 5.74) is -2.31. The van der Waals surface area contributed by atoms with Gasteiger partial charge in [-0.1, -0.05) is 0 Å². The molecule has 0 amide bonds. The van der Waals surface area contributed by atoms with Crippen LogP contribution in [0.5, 0.6) is 0 Å². The van der Waals surface area contributed by atoms with Crippen LogP contribution in [-0.2, 0) is 12.6 Å². The van der Waals surface area contributed by atoms with E-state index in [1.807, 2.05) is 0 Å². The molecule has 1 aliphatic carbocycles. The van der Waals surface area contributed by atoms with Gasteiger partial charge in [-0.3, -0.25) is 4.98 Å². The van der Waals surface area contributed by atoms with Crippen LogP contribution in [0, 0.1) is 11.6 Å². The number of halogens is 6. The molecule has 2 nitrogen and oxygen atoms in total. The highest BCUT2D eigenvalue weighted by Crippen LogP contribution is 2.45. The zero-order valence-corrected chi connectivity index (χ0v) is 11.3. The minimum absolute atomic E-state index is 0.0365. The summed E-state index contributed by atoms with van der Waals surface area (Å²) in [6, 6.07) is 2.42. The van der Waals surface area contributed by atoms with Crippen LogP contribution in [-0.4, -0.2) is 16.3 Å². The number of aliphatic hydroxyl groups is 1. The lowest BCUT2D eigenvalue weighted by molar-refractivity contribution is -0.142. The fourth-order valence-corrected chi connectivity index (χ4v) is 2.77. The lowest BCUT2D eigenvalue weighted by Gasteiger charge is -2.16. The first-order chi connectivity index (χ1) is 10.7. The first-order valence-electron chi connectivity index (χ1n) is 6.56. The van der Waals surface area contributed by atoms with E-state index in [0.717, 1.165) is 18.3 Å². The minimum Gasteiger partial charge on any atom is -0.385 e. The van der Waals surface area contributed by atoms with Crippen molar-refractivity contribution in [2.24, 2.45) is 0 Å². The Labute approximate surface area is 126 Å². The second-order valence-corrected chi connectivity index (χ2v) is 5.23. The summed E-state index contributed by atoms with van der Waals surface area (Å²) in [6.07, 6.45) is -8.49. The third-order valence-electron chi connectivity index (χ3n) is 3.71. The normalized spacial score (nSPS) is 20.7. The second-order valence-electron chi connectivity index (χ2n) is 5.23. The van der Waals surface area contributed by atoms with Crippen LogP contribution < -0.4 is 0 Å². The molecule has 3 rings (SSSR count). The summed E-state index contributed by atoms with van der Waals surface area (Å²) in [7, 11) is 0. The molecule has 0 saturated heterocycles. The van der Waals surface area contributed by atoms with Crippen LogP contribution in [0.1, 0.15) is 22.9 Å². The van der Waals surface area contributed by atoms with E-state index in [0.29, 0.717) is 6.07 Å². The molecule has 0 radical (unpaired) electrons. The summed E-state index contributed by atoms with van der Waals surface area (Å²) >= 11 is 0. The molecule has 1 heterocycles. The van der Waals surface area contributed by atoms with Gasteiger partial charge in [0.25, 0.3) is 0 Å². The van der Waals surface area contributed by atoms with Gasteiger partial charge in [0.2, 0.25) is 0 Å². The standard InChI is InChI=1S/C15H9F6NO/c16-7-1-6(2-8(17)3-7)10-5-22-14(15(19,20)21)12-9(10)4-11(18)13(12)23/h1-3,5,11,13,23H,4H2. The first kappa shape index (κ1) is 15.8. The molecule has 1 aromatic carbocycles. The Morgan fingerprint density at radius 1 is 1.09 bits per heavy atom. The molecule has 23 heavy (non-hydrogen) atoms. The third kappa shape index (κ3) is 2.67. The molecule has 2 unspecified atom stereocenters. The van der Waals surface area contributed by atoms with Gasteiger partial charge < -0.3 is 5.11 Å². The quantitative estimate of drug-likeness (QED) is 0.801. The number of benzene rings is 1. The van der Waals surface area contributed by atoms with Gasteiger partial charge in [0.1, 0.15) is 23.9 Å². The Balaban J connectivity index is 2.26. The highest BCUT2D eigenvalue weighted by Gasteiger charge is 2.44. The maximum Gasteiger partial charge on any atom is 0.433 e. The number of alkyl halides is 4. The highest BCUT2D eigenvalue weighted by molar-refractivity contribution is 5.70. The van der Waals surface area contributed by atoms with Crippen LogP contribution in [0.3, 0.4) is 0 Å². The minimum atomic E-state index is -4.87. The Kier molecular flexibility index (Phi) is 3.59. The van der Waals surface area contributed by atoms with E-state index in [-0.39, 0.29) is 16.7 Å². The van der Waals surface area contributed by atoms with Gasteiger partial charge in [-0.05, 0) is 23.3 Å². The topological polar surface area (TPSA) is 33.1 Å². The van der Waals surface area contributed by atoms with Crippen LogP contribution in [0.2, 0.25) is 0 Å². The average molecular weight is 333 g/mol. The molecule has 122 valence electrons. The SMILES string of the molecule is OC1c2c(C(F)(F)F)ncc(-c3cc(F)cc(F)c3)c2CC1F. The number of aliphatic hydroxyl groups excluding tert-OH is 1. The Bertz CT molecular complexity index is 753. The molecule has 0 spiro atoms. The van der Waals surface area contributed by atoms with Crippen LogP contribution in [0.25, 0.3) is 11.1 Å². The number of hydrogen-bond donors (Lipinski definition) is 1. The molecule has 0 fully saturated rings. The predicted octanol–water partition coefficient (Wildman–Crippen LogP) is 3.97. The lowest BCUT2D eigenvalue weighted by Crippen LogP contribution is -2.15. The number of aromatic nitrogens is 1. The largest absolute Gasteiger partial charge is 0.433 e. The molecule has 1 aliphatic rings. The van der Waals surface area contributed by atoms with E-state index in [9.17, 15) is 31.4 Å². The summed E-state index contributed by atoms with van der Waals surface area (Å²) in [4.78, 5) is 3.25. The Morgan fingerprint density at radius 3 is 2.26 bits per heavy atom. The van der Waals surface area contributed by atoms with Crippen molar-refractivity contribution in [1.82, 2.24) is 4.98 Å². The molecule has 0 saturated carbocycles. The van der Waals surface area contributed by atoms with Crippen molar-refractivity contribution in [3.05, 3.63) is 52.9 Å². The molecular weight excluding hydrogens is 324 g/mol. The van der Waals surface area contributed by atoms with Crippen molar-refractivity contribution in [3.8, 4) is 11.1 Å². The van der Waals surface area contributed by atoms with Gasteiger partial charge in [-0.2, -0.15) is 13.2 Å². The summed E-state index contributed by atoms with van der Waals surface area (Å²) in [5.74, 6) is -1.85. The van der Waals surface area contributed by atoms with E-state index in [1.54, 1.807) is 0 Å². The number of fused-ring (bicyclic) bond motifs is 1. The molecule has 8 heteroatoms. The molecule has 1 N–H and O–H groups in total. The fourth-order valence-electron chi connectivity index (χ4n) is 2.77. The maximum atomic E-state index is 13.7. The van der Waals surface area contributed by atoms with Crippen molar-refractivity contribution in [1.29, 1.82) is 0 Å². The zero-order valence-electron chi connectivity index (χ0n) is 11.3.